The molecule has 6 heteroatoms. The number of aromatic nitrogens is 4. The molecule has 1 aliphatic rings. The number of fused-ring (bicyclic) bond motifs is 5. The lowest BCUT2D eigenvalue weighted by atomic mass is 9.77. The highest BCUT2D eigenvalue weighted by Crippen LogP contribution is 2.41. The molecular formula is C19H18N4OS. The lowest BCUT2D eigenvalue weighted by molar-refractivity contribution is 0.320. The Hall–Kier alpha value is -2.47. The number of hydrogen-bond acceptors (Lipinski definition) is 4. The fourth-order valence-corrected chi connectivity index (χ4v) is 5.38. The Morgan fingerprint density at radius 1 is 1.20 bits per heavy atom. The van der Waals surface area contributed by atoms with Gasteiger partial charge in [0.2, 0.25) is 5.78 Å². The maximum absolute atomic E-state index is 13.4. The Labute approximate surface area is 148 Å². The number of thiophene rings is 1. The molecule has 0 aliphatic heterocycles. The van der Waals surface area contributed by atoms with E-state index in [0.717, 1.165) is 35.2 Å². The van der Waals surface area contributed by atoms with E-state index < -0.39 is 0 Å². The summed E-state index contributed by atoms with van der Waals surface area (Å²) in [5.74, 6) is 0.571. The monoisotopic (exact) mass is 350 g/mol. The van der Waals surface area contributed by atoms with E-state index >= 15 is 0 Å². The molecule has 0 amide bonds. The van der Waals surface area contributed by atoms with E-state index in [-0.39, 0.29) is 5.56 Å². The van der Waals surface area contributed by atoms with Gasteiger partial charge in [0, 0.05) is 4.88 Å². The molecular weight excluding hydrogens is 332 g/mol. The molecule has 1 aliphatic carbocycles. The summed E-state index contributed by atoms with van der Waals surface area (Å²) in [6.45, 7) is 4.61. The van der Waals surface area contributed by atoms with Gasteiger partial charge in [-0.2, -0.15) is 0 Å². The molecule has 1 aromatic carbocycles. The van der Waals surface area contributed by atoms with Crippen molar-refractivity contribution in [3.8, 4) is 5.69 Å². The van der Waals surface area contributed by atoms with Gasteiger partial charge in [-0.05, 0) is 42.4 Å². The second-order valence-electron chi connectivity index (χ2n) is 7.50. The van der Waals surface area contributed by atoms with Crippen molar-refractivity contribution in [2.75, 3.05) is 0 Å². The zero-order chi connectivity index (χ0) is 17.2. The van der Waals surface area contributed by atoms with E-state index in [9.17, 15) is 4.79 Å². The SMILES string of the molecule is CC1(C)CCc2c(sc3c2c(=O)n(-c2ccccc2)c2nncn32)C1. The topological polar surface area (TPSA) is 52.2 Å². The van der Waals surface area contributed by atoms with Crippen molar-refractivity contribution in [2.24, 2.45) is 5.41 Å². The minimum Gasteiger partial charge on any atom is -0.268 e. The Bertz CT molecular complexity index is 1170. The molecule has 5 nitrogen and oxygen atoms in total. The fourth-order valence-electron chi connectivity index (χ4n) is 3.82. The highest BCUT2D eigenvalue weighted by molar-refractivity contribution is 7.18. The number of hydrogen-bond donors (Lipinski definition) is 0. The van der Waals surface area contributed by atoms with Crippen LogP contribution in [0.4, 0.5) is 0 Å². The molecule has 0 spiro atoms. The number of nitrogens with zero attached hydrogens (tertiary/aromatic N) is 4. The highest BCUT2D eigenvalue weighted by Gasteiger charge is 2.30. The Kier molecular flexibility index (Phi) is 2.98. The van der Waals surface area contributed by atoms with Gasteiger partial charge in [-0.15, -0.1) is 21.5 Å². The molecule has 126 valence electrons. The van der Waals surface area contributed by atoms with E-state index in [1.165, 1.54) is 10.4 Å². The maximum Gasteiger partial charge on any atom is 0.268 e. The molecule has 0 bridgehead atoms. The average Bonchev–Trinajstić information content (AvgIpc) is 3.19. The third-order valence-corrected chi connectivity index (χ3v) is 6.37. The minimum absolute atomic E-state index is 0.0129. The maximum atomic E-state index is 13.4. The Morgan fingerprint density at radius 2 is 2.00 bits per heavy atom. The number of rotatable bonds is 1. The van der Waals surface area contributed by atoms with Crippen LogP contribution in [-0.4, -0.2) is 19.2 Å². The van der Waals surface area contributed by atoms with Crippen LogP contribution in [0.1, 0.15) is 30.7 Å². The van der Waals surface area contributed by atoms with Crippen LogP contribution < -0.4 is 5.56 Å². The van der Waals surface area contributed by atoms with Crippen LogP contribution in [0, 0.1) is 5.41 Å². The molecule has 0 saturated heterocycles. The number of para-hydroxylation sites is 1. The van der Waals surface area contributed by atoms with Gasteiger partial charge in [-0.1, -0.05) is 32.0 Å². The van der Waals surface area contributed by atoms with Crippen LogP contribution >= 0.6 is 11.3 Å². The lowest BCUT2D eigenvalue weighted by Gasteiger charge is -2.29. The first kappa shape index (κ1) is 14.8. The van der Waals surface area contributed by atoms with Crippen LogP contribution in [0.2, 0.25) is 0 Å². The molecule has 5 rings (SSSR count). The largest absolute Gasteiger partial charge is 0.268 e. The van der Waals surface area contributed by atoms with E-state index in [0.29, 0.717) is 11.2 Å². The quantitative estimate of drug-likeness (QED) is 0.527. The normalized spacial score (nSPS) is 16.4. The van der Waals surface area contributed by atoms with Gasteiger partial charge in [0.05, 0.1) is 11.1 Å². The minimum atomic E-state index is 0.0129. The van der Waals surface area contributed by atoms with Crippen molar-refractivity contribution in [1.29, 1.82) is 0 Å². The first-order valence-corrected chi connectivity index (χ1v) is 9.31. The lowest BCUT2D eigenvalue weighted by Crippen LogP contribution is -2.24. The molecule has 0 atom stereocenters. The zero-order valence-electron chi connectivity index (χ0n) is 14.2. The summed E-state index contributed by atoms with van der Waals surface area (Å²) in [5.41, 5.74) is 2.35. The third-order valence-electron chi connectivity index (χ3n) is 5.14. The standard InChI is InChI=1S/C19H18N4OS/c1-19(2)9-8-13-14(10-19)25-17-15(13)16(24)23(12-6-4-3-5-7-12)18-21-20-11-22(17)18/h3-7,11H,8-10H2,1-2H3. The van der Waals surface area contributed by atoms with Gasteiger partial charge in [0.15, 0.2) is 0 Å². The molecule has 0 saturated carbocycles. The van der Waals surface area contributed by atoms with Gasteiger partial charge < -0.3 is 0 Å². The summed E-state index contributed by atoms with van der Waals surface area (Å²) >= 11 is 1.72. The van der Waals surface area contributed by atoms with Gasteiger partial charge in [-0.3, -0.25) is 9.20 Å². The van der Waals surface area contributed by atoms with E-state index in [1.54, 1.807) is 22.2 Å². The zero-order valence-corrected chi connectivity index (χ0v) is 15.0. The van der Waals surface area contributed by atoms with Crippen LogP contribution in [0.3, 0.4) is 0 Å². The van der Waals surface area contributed by atoms with Crippen LogP contribution in [-0.2, 0) is 12.8 Å². The molecule has 3 heterocycles. The summed E-state index contributed by atoms with van der Waals surface area (Å²) in [7, 11) is 0. The van der Waals surface area contributed by atoms with E-state index in [2.05, 4.69) is 24.0 Å². The molecule has 3 aromatic heterocycles. The predicted octanol–water partition coefficient (Wildman–Crippen LogP) is 3.61. The molecule has 0 fully saturated rings. The molecule has 25 heavy (non-hydrogen) atoms. The Morgan fingerprint density at radius 3 is 2.80 bits per heavy atom. The van der Waals surface area contributed by atoms with Crippen molar-refractivity contribution in [3.05, 3.63) is 57.5 Å². The molecule has 0 radical (unpaired) electrons. The second kappa shape index (κ2) is 5.02. The number of aryl methyl sites for hydroxylation is 1. The molecule has 0 N–H and O–H groups in total. The van der Waals surface area contributed by atoms with Gasteiger partial charge in [-0.25, -0.2) is 4.57 Å². The van der Waals surface area contributed by atoms with Crippen LogP contribution in [0.15, 0.2) is 41.5 Å². The first-order chi connectivity index (χ1) is 12.1. The van der Waals surface area contributed by atoms with Crippen molar-refractivity contribution in [1.82, 2.24) is 19.2 Å². The Balaban J connectivity index is 1.92. The molecule has 0 unspecified atom stereocenters. The smallest absolute Gasteiger partial charge is 0.268 e. The predicted molar refractivity (Wildman–Crippen MR) is 99.8 cm³/mol. The summed E-state index contributed by atoms with van der Waals surface area (Å²) in [6.07, 6.45) is 4.80. The summed E-state index contributed by atoms with van der Waals surface area (Å²) in [5, 5.41) is 9.14. The first-order valence-electron chi connectivity index (χ1n) is 8.50. The number of benzene rings is 1. The second-order valence-corrected chi connectivity index (χ2v) is 8.59. The third kappa shape index (κ3) is 2.10. The van der Waals surface area contributed by atoms with Crippen molar-refractivity contribution < 1.29 is 0 Å². The van der Waals surface area contributed by atoms with Gasteiger partial charge in [0.25, 0.3) is 5.56 Å². The van der Waals surface area contributed by atoms with E-state index in [4.69, 9.17) is 0 Å². The van der Waals surface area contributed by atoms with Crippen molar-refractivity contribution in [2.45, 2.75) is 33.1 Å². The summed E-state index contributed by atoms with van der Waals surface area (Å²) < 4.78 is 3.64. The summed E-state index contributed by atoms with van der Waals surface area (Å²) in [4.78, 5) is 15.7. The van der Waals surface area contributed by atoms with E-state index in [1.807, 2.05) is 34.7 Å². The van der Waals surface area contributed by atoms with Crippen molar-refractivity contribution >= 4 is 27.3 Å². The average molecular weight is 350 g/mol. The summed E-state index contributed by atoms with van der Waals surface area (Å²) in [6, 6.07) is 9.69. The van der Waals surface area contributed by atoms with Crippen LogP contribution in [0.5, 0.6) is 0 Å². The fraction of sp³-hybridized carbons (Fsp3) is 0.316. The highest BCUT2D eigenvalue weighted by atomic mass is 32.1. The molecule has 4 aromatic rings. The van der Waals surface area contributed by atoms with Crippen LogP contribution in [0.25, 0.3) is 21.7 Å². The van der Waals surface area contributed by atoms with Crippen molar-refractivity contribution in [3.63, 3.8) is 0 Å². The van der Waals surface area contributed by atoms with Gasteiger partial charge in [0.1, 0.15) is 11.2 Å². The van der Waals surface area contributed by atoms with Gasteiger partial charge >= 0.3 is 0 Å².